The summed E-state index contributed by atoms with van der Waals surface area (Å²) < 4.78 is 22.9. The van der Waals surface area contributed by atoms with Gasteiger partial charge in [-0.25, -0.2) is 4.79 Å². The van der Waals surface area contributed by atoms with Gasteiger partial charge < -0.3 is 23.8 Å². The van der Waals surface area contributed by atoms with Gasteiger partial charge >= 0.3 is 5.97 Å². The summed E-state index contributed by atoms with van der Waals surface area (Å²) in [7, 11) is 1.61. The van der Waals surface area contributed by atoms with Gasteiger partial charge in [0.25, 0.3) is 0 Å². The van der Waals surface area contributed by atoms with E-state index in [9.17, 15) is 4.79 Å². The molecule has 0 aliphatic carbocycles. The van der Waals surface area contributed by atoms with E-state index >= 15 is 0 Å². The average Bonchev–Trinajstić information content (AvgIpc) is 3.35. The Balaban J connectivity index is 1.73. The topological polar surface area (TPSA) is 70.1 Å². The van der Waals surface area contributed by atoms with Crippen LogP contribution in [0.25, 0.3) is 0 Å². The molecule has 0 N–H and O–H groups in total. The highest BCUT2D eigenvalue weighted by Crippen LogP contribution is 2.37. The molecule has 0 bridgehead atoms. The number of benzene rings is 2. The summed E-state index contributed by atoms with van der Waals surface area (Å²) in [6.45, 7) is 6.68. The number of carbonyl (C=O) groups is 1. The lowest BCUT2D eigenvalue weighted by Crippen LogP contribution is -2.24. The molecule has 4 rings (SSSR count). The van der Waals surface area contributed by atoms with Crippen LogP contribution in [0, 0.1) is 0 Å². The molecule has 0 spiro atoms. The van der Waals surface area contributed by atoms with Crippen molar-refractivity contribution < 1.29 is 23.7 Å². The monoisotopic (exact) mass is 510 g/mol. The third-order valence-electron chi connectivity index (χ3n) is 5.50. The standard InChI is InChI=1S/C28H31ClN2O5/c1-28(2,3)36-27(32)20-7-5-8-22(14-20)31(18-19-13-21(29)17-30-16-19)23-10-11-24(33-4)25(15-23)35-26-9-6-12-34-26/h5,7-8,10-11,13-17,26H,6,9,12,18H2,1-4H3. The Bertz CT molecular complexity index is 1200. The maximum atomic E-state index is 12.8. The summed E-state index contributed by atoms with van der Waals surface area (Å²) in [5.41, 5.74) is 2.41. The van der Waals surface area contributed by atoms with Gasteiger partial charge in [-0.05, 0) is 69.2 Å². The van der Waals surface area contributed by atoms with Gasteiger partial charge in [0.1, 0.15) is 5.60 Å². The number of pyridine rings is 1. The lowest BCUT2D eigenvalue weighted by Gasteiger charge is -2.27. The Morgan fingerprint density at radius 1 is 1.11 bits per heavy atom. The first-order valence-electron chi connectivity index (χ1n) is 11.9. The lowest BCUT2D eigenvalue weighted by atomic mass is 10.1. The van der Waals surface area contributed by atoms with E-state index in [2.05, 4.69) is 9.88 Å². The van der Waals surface area contributed by atoms with Crippen LogP contribution in [-0.2, 0) is 16.0 Å². The summed E-state index contributed by atoms with van der Waals surface area (Å²) in [5, 5.41) is 0.548. The number of hydrogen-bond donors (Lipinski definition) is 0. The Kier molecular flexibility index (Phi) is 8.01. The predicted molar refractivity (Wildman–Crippen MR) is 139 cm³/mol. The maximum absolute atomic E-state index is 12.8. The number of rotatable bonds is 8. The van der Waals surface area contributed by atoms with Crippen molar-refractivity contribution in [2.45, 2.75) is 52.0 Å². The van der Waals surface area contributed by atoms with Gasteiger partial charge in [0, 0.05) is 42.8 Å². The summed E-state index contributed by atoms with van der Waals surface area (Å²) >= 11 is 6.22. The fourth-order valence-electron chi connectivity index (χ4n) is 3.90. The minimum atomic E-state index is -0.593. The fraction of sp³-hybridized carbons (Fsp3) is 0.357. The molecule has 8 heteroatoms. The van der Waals surface area contributed by atoms with Crippen molar-refractivity contribution >= 4 is 28.9 Å². The molecule has 1 saturated heterocycles. The number of ether oxygens (including phenoxy) is 4. The van der Waals surface area contributed by atoms with Crippen molar-refractivity contribution in [1.82, 2.24) is 4.98 Å². The third kappa shape index (κ3) is 6.68. The van der Waals surface area contributed by atoms with E-state index in [4.69, 9.17) is 30.5 Å². The smallest absolute Gasteiger partial charge is 0.338 e. The molecule has 1 atom stereocenters. The van der Waals surface area contributed by atoms with E-state index in [1.54, 1.807) is 25.6 Å². The number of esters is 1. The number of halogens is 1. The highest BCUT2D eigenvalue weighted by molar-refractivity contribution is 6.30. The molecule has 2 heterocycles. The first kappa shape index (κ1) is 25.8. The molecular formula is C28H31ClN2O5. The molecule has 1 aliphatic heterocycles. The zero-order valence-corrected chi connectivity index (χ0v) is 21.7. The van der Waals surface area contributed by atoms with E-state index in [-0.39, 0.29) is 12.3 Å². The number of methoxy groups -OCH3 is 1. The van der Waals surface area contributed by atoms with Gasteiger partial charge in [0.2, 0.25) is 0 Å². The summed E-state index contributed by atoms with van der Waals surface area (Å²) in [4.78, 5) is 19.1. The predicted octanol–water partition coefficient (Wildman–Crippen LogP) is 6.55. The zero-order chi connectivity index (χ0) is 25.7. The Labute approximate surface area is 216 Å². The number of anilines is 2. The van der Waals surface area contributed by atoms with E-state index < -0.39 is 5.60 Å². The van der Waals surface area contributed by atoms with Gasteiger partial charge in [-0.15, -0.1) is 0 Å². The molecule has 1 fully saturated rings. The van der Waals surface area contributed by atoms with E-state index in [0.29, 0.717) is 35.2 Å². The molecule has 0 saturated carbocycles. The number of aromatic nitrogens is 1. The molecule has 7 nitrogen and oxygen atoms in total. The second-order valence-electron chi connectivity index (χ2n) is 9.55. The normalized spacial score (nSPS) is 15.4. The zero-order valence-electron chi connectivity index (χ0n) is 21.0. The van der Waals surface area contributed by atoms with E-state index in [1.165, 1.54) is 0 Å². The first-order valence-corrected chi connectivity index (χ1v) is 12.3. The lowest BCUT2D eigenvalue weighted by molar-refractivity contribution is -0.0402. The molecule has 1 aliphatic rings. The summed E-state index contributed by atoms with van der Waals surface area (Å²) in [6, 6.07) is 14.9. The van der Waals surface area contributed by atoms with Crippen molar-refractivity contribution in [3.63, 3.8) is 0 Å². The van der Waals surface area contributed by atoms with Crippen molar-refractivity contribution in [2.75, 3.05) is 18.6 Å². The highest BCUT2D eigenvalue weighted by atomic mass is 35.5. The van der Waals surface area contributed by atoms with Crippen LogP contribution in [0.5, 0.6) is 11.5 Å². The molecule has 190 valence electrons. The van der Waals surface area contributed by atoms with Crippen LogP contribution in [0.4, 0.5) is 11.4 Å². The van der Waals surface area contributed by atoms with Crippen LogP contribution >= 0.6 is 11.6 Å². The molecular weight excluding hydrogens is 480 g/mol. The number of carbonyl (C=O) groups excluding carboxylic acids is 1. The van der Waals surface area contributed by atoms with Crippen molar-refractivity contribution in [2.24, 2.45) is 0 Å². The summed E-state index contributed by atoms with van der Waals surface area (Å²) in [5.74, 6) is 0.811. The second kappa shape index (κ2) is 11.2. The van der Waals surface area contributed by atoms with Crippen LogP contribution in [-0.4, -0.2) is 36.6 Å². The molecule has 0 radical (unpaired) electrons. The van der Waals surface area contributed by atoms with Gasteiger partial charge in [0.15, 0.2) is 17.8 Å². The molecule has 1 unspecified atom stereocenters. The Hall–Kier alpha value is -3.29. The largest absolute Gasteiger partial charge is 0.493 e. The maximum Gasteiger partial charge on any atom is 0.338 e. The first-order chi connectivity index (χ1) is 17.2. The quantitative estimate of drug-likeness (QED) is 0.318. The molecule has 3 aromatic rings. The Morgan fingerprint density at radius 3 is 2.61 bits per heavy atom. The fourth-order valence-corrected chi connectivity index (χ4v) is 4.10. The van der Waals surface area contributed by atoms with Crippen LogP contribution in [0.3, 0.4) is 0 Å². The van der Waals surface area contributed by atoms with Gasteiger partial charge in [-0.1, -0.05) is 17.7 Å². The Morgan fingerprint density at radius 2 is 1.92 bits per heavy atom. The second-order valence-corrected chi connectivity index (χ2v) is 9.98. The van der Waals surface area contributed by atoms with Crippen molar-refractivity contribution in [3.05, 3.63) is 77.1 Å². The van der Waals surface area contributed by atoms with Gasteiger partial charge in [0.05, 0.1) is 24.3 Å². The van der Waals surface area contributed by atoms with Crippen LogP contribution in [0.2, 0.25) is 5.02 Å². The van der Waals surface area contributed by atoms with Crippen LogP contribution in [0.15, 0.2) is 60.9 Å². The van der Waals surface area contributed by atoms with Crippen molar-refractivity contribution in [1.29, 1.82) is 0 Å². The van der Waals surface area contributed by atoms with E-state index in [1.807, 2.05) is 63.2 Å². The molecule has 1 aromatic heterocycles. The van der Waals surface area contributed by atoms with Crippen LogP contribution in [0.1, 0.15) is 49.5 Å². The van der Waals surface area contributed by atoms with Crippen molar-refractivity contribution in [3.8, 4) is 11.5 Å². The number of hydrogen-bond acceptors (Lipinski definition) is 7. The minimum absolute atomic E-state index is 0.310. The number of nitrogens with zero attached hydrogens (tertiary/aromatic N) is 2. The molecule has 2 aromatic carbocycles. The highest BCUT2D eigenvalue weighted by Gasteiger charge is 2.22. The van der Waals surface area contributed by atoms with Crippen LogP contribution < -0.4 is 14.4 Å². The van der Waals surface area contributed by atoms with Gasteiger partial charge in [-0.2, -0.15) is 0 Å². The third-order valence-corrected chi connectivity index (χ3v) is 5.71. The summed E-state index contributed by atoms with van der Waals surface area (Å²) in [6.07, 6.45) is 4.83. The minimum Gasteiger partial charge on any atom is -0.493 e. The molecule has 36 heavy (non-hydrogen) atoms. The average molecular weight is 511 g/mol. The van der Waals surface area contributed by atoms with E-state index in [0.717, 1.165) is 29.8 Å². The molecule has 0 amide bonds. The van der Waals surface area contributed by atoms with Gasteiger partial charge in [-0.3, -0.25) is 4.98 Å². The SMILES string of the molecule is COc1ccc(N(Cc2cncc(Cl)c2)c2cccc(C(=O)OC(C)(C)C)c2)cc1OC1CCCO1.